The van der Waals surface area contributed by atoms with E-state index in [2.05, 4.69) is 22.4 Å². The van der Waals surface area contributed by atoms with Crippen molar-refractivity contribution in [1.82, 2.24) is 4.98 Å². The van der Waals surface area contributed by atoms with Crippen LogP contribution in [0.4, 0.5) is 18.9 Å². The molecule has 1 aromatic heterocycles. The Morgan fingerprint density at radius 3 is 2.23 bits per heavy atom. The lowest BCUT2D eigenvalue weighted by Gasteiger charge is -2.22. The summed E-state index contributed by atoms with van der Waals surface area (Å²) in [5.41, 5.74) is 2.42. The van der Waals surface area contributed by atoms with Crippen LogP contribution in [0.3, 0.4) is 0 Å². The first-order valence-electron chi connectivity index (χ1n) is 10.5. The highest BCUT2D eigenvalue weighted by Gasteiger charge is 2.30. The van der Waals surface area contributed by atoms with Gasteiger partial charge in [0.05, 0.1) is 11.3 Å². The Morgan fingerprint density at radius 2 is 1.58 bits per heavy atom. The van der Waals surface area contributed by atoms with E-state index in [1.807, 2.05) is 12.1 Å². The van der Waals surface area contributed by atoms with Crippen LogP contribution in [0.25, 0.3) is 11.3 Å². The number of rotatable bonds is 4. The fourth-order valence-electron chi connectivity index (χ4n) is 4.03. The van der Waals surface area contributed by atoms with E-state index >= 15 is 0 Å². The monoisotopic (exact) mass is 424 g/mol. The second-order valence-electron chi connectivity index (χ2n) is 7.92. The maximum Gasteiger partial charge on any atom is 0.416 e. The largest absolute Gasteiger partial charge is 0.416 e. The van der Waals surface area contributed by atoms with Gasteiger partial charge in [-0.2, -0.15) is 13.2 Å². The molecule has 3 aromatic rings. The average molecular weight is 424 g/mol. The molecule has 0 atom stereocenters. The molecule has 1 fully saturated rings. The van der Waals surface area contributed by atoms with Crippen molar-refractivity contribution in [3.8, 4) is 11.3 Å². The Hall–Kier alpha value is -3.15. The smallest absolute Gasteiger partial charge is 0.322 e. The van der Waals surface area contributed by atoms with E-state index in [0.717, 1.165) is 18.3 Å². The van der Waals surface area contributed by atoms with Crippen molar-refractivity contribution >= 4 is 11.6 Å². The standard InChI is InChI=1S/C25H23F3N2O/c26-25(27,28)21-14-15-29-23(16-21)19-6-8-20(9-7-19)24(31)30-22-12-10-18(11-13-22)17-4-2-1-3-5-17/h6-17H,1-5H2,(H,30,31). The van der Waals surface area contributed by atoms with Crippen LogP contribution in [-0.2, 0) is 6.18 Å². The van der Waals surface area contributed by atoms with Crippen LogP contribution in [0.2, 0.25) is 0 Å². The van der Waals surface area contributed by atoms with Crippen LogP contribution < -0.4 is 5.32 Å². The molecule has 31 heavy (non-hydrogen) atoms. The number of halogens is 3. The van der Waals surface area contributed by atoms with Gasteiger partial charge in [0.2, 0.25) is 0 Å². The summed E-state index contributed by atoms with van der Waals surface area (Å²) in [6, 6.07) is 16.3. The van der Waals surface area contributed by atoms with Crippen LogP contribution in [0.5, 0.6) is 0 Å². The molecule has 0 spiro atoms. The van der Waals surface area contributed by atoms with Gasteiger partial charge in [-0.05, 0) is 60.7 Å². The predicted molar refractivity (Wildman–Crippen MR) is 115 cm³/mol. The topological polar surface area (TPSA) is 42.0 Å². The molecule has 1 aliphatic rings. The van der Waals surface area contributed by atoms with Crippen LogP contribution in [0.1, 0.15) is 59.5 Å². The number of anilines is 1. The lowest BCUT2D eigenvalue weighted by molar-refractivity contribution is -0.137. The van der Waals surface area contributed by atoms with Gasteiger partial charge in [0, 0.05) is 23.0 Å². The summed E-state index contributed by atoms with van der Waals surface area (Å²) in [6.45, 7) is 0. The van der Waals surface area contributed by atoms with Crippen molar-refractivity contribution in [3.05, 3.63) is 83.6 Å². The SMILES string of the molecule is O=C(Nc1ccc(C2CCCCC2)cc1)c1ccc(-c2cc(C(F)(F)F)ccn2)cc1. The minimum absolute atomic E-state index is 0.208. The molecule has 0 saturated heterocycles. The first kappa shape index (κ1) is 21.1. The highest BCUT2D eigenvalue weighted by atomic mass is 19.4. The van der Waals surface area contributed by atoms with E-state index in [9.17, 15) is 18.0 Å². The maximum atomic E-state index is 12.9. The molecule has 1 N–H and O–H groups in total. The van der Waals surface area contributed by atoms with Gasteiger partial charge in [-0.15, -0.1) is 0 Å². The zero-order valence-electron chi connectivity index (χ0n) is 17.0. The third-order valence-corrected chi connectivity index (χ3v) is 5.78. The quantitative estimate of drug-likeness (QED) is 0.487. The third kappa shape index (κ3) is 5.13. The number of carbonyl (C=O) groups is 1. The molecule has 160 valence electrons. The normalized spacial score (nSPS) is 14.9. The molecule has 1 saturated carbocycles. The number of alkyl halides is 3. The molecule has 4 rings (SSSR count). The van der Waals surface area contributed by atoms with Crippen LogP contribution in [0, 0.1) is 0 Å². The number of nitrogens with zero attached hydrogens (tertiary/aromatic N) is 1. The fourth-order valence-corrected chi connectivity index (χ4v) is 4.03. The molecule has 0 radical (unpaired) electrons. The van der Waals surface area contributed by atoms with E-state index in [4.69, 9.17) is 0 Å². The Labute approximate surface area is 179 Å². The van der Waals surface area contributed by atoms with Crippen LogP contribution >= 0.6 is 0 Å². The molecule has 6 heteroatoms. The fraction of sp³-hybridized carbons (Fsp3) is 0.280. The van der Waals surface area contributed by atoms with Crippen molar-refractivity contribution in [2.75, 3.05) is 5.32 Å². The van der Waals surface area contributed by atoms with Crippen molar-refractivity contribution in [2.24, 2.45) is 0 Å². The molecule has 2 aromatic carbocycles. The van der Waals surface area contributed by atoms with Crippen LogP contribution in [-0.4, -0.2) is 10.9 Å². The average Bonchev–Trinajstić information content (AvgIpc) is 2.80. The van der Waals surface area contributed by atoms with Crippen molar-refractivity contribution in [3.63, 3.8) is 0 Å². The molecule has 1 heterocycles. The first-order chi connectivity index (χ1) is 14.9. The molecule has 1 aliphatic carbocycles. The minimum Gasteiger partial charge on any atom is -0.322 e. The number of hydrogen-bond acceptors (Lipinski definition) is 2. The number of hydrogen-bond donors (Lipinski definition) is 1. The Bertz CT molecular complexity index is 1040. The van der Waals surface area contributed by atoms with Crippen LogP contribution in [0.15, 0.2) is 66.9 Å². The summed E-state index contributed by atoms with van der Waals surface area (Å²) in [7, 11) is 0. The van der Waals surface area contributed by atoms with Crippen molar-refractivity contribution in [2.45, 2.75) is 44.2 Å². The number of pyridine rings is 1. The van der Waals surface area contributed by atoms with Gasteiger partial charge in [-0.25, -0.2) is 0 Å². The highest BCUT2D eigenvalue weighted by molar-refractivity contribution is 6.04. The third-order valence-electron chi connectivity index (χ3n) is 5.78. The zero-order chi connectivity index (χ0) is 21.8. The van der Waals surface area contributed by atoms with E-state index in [0.29, 0.717) is 22.7 Å². The minimum atomic E-state index is -4.43. The second kappa shape index (κ2) is 8.92. The van der Waals surface area contributed by atoms with Gasteiger partial charge < -0.3 is 5.32 Å². The molecule has 3 nitrogen and oxygen atoms in total. The summed E-state index contributed by atoms with van der Waals surface area (Å²) in [5, 5.41) is 2.87. The Balaban J connectivity index is 1.43. The summed E-state index contributed by atoms with van der Waals surface area (Å²) in [4.78, 5) is 16.6. The Morgan fingerprint density at radius 1 is 0.903 bits per heavy atom. The maximum absolute atomic E-state index is 12.9. The first-order valence-corrected chi connectivity index (χ1v) is 10.5. The van der Waals surface area contributed by atoms with E-state index in [-0.39, 0.29) is 11.6 Å². The lowest BCUT2D eigenvalue weighted by Crippen LogP contribution is -2.12. The van der Waals surface area contributed by atoms with Gasteiger partial charge in [0.15, 0.2) is 0 Å². The van der Waals surface area contributed by atoms with E-state index < -0.39 is 11.7 Å². The van der Waals surface area contributed by atoms with Gasteiger partial charge in [0.1, 0.15) is 0 Å². The van der Waals surface area contributed by atoms with Crippen molar-refractivity contribution in [1.29, 1.82) is 0 Å². The summed E-state index contributed by atoms with van der Waals surface area (Å²) in [5.74, 6) is 0.337. The van der Waals surface area contributed by atoms with Gasteiger partial charge >= 0.3 is 6.18 Å². The molecule has 0 bridgehead atoms. The predicted octanol–water partition coefficient (Wildman–Crippen LogP) is 7.07. The molecular weight excluding hydrogens is 401 g/mol. The molecular formula is C25H23F3N2O. The second-order valence-corrected chi connectivity index (χ2v) is 7.92. The molecule has 0 unspecified atom stereocenters. The highest BCUT2D eigenvalue weighted by Crippen LogP contribution is 2.33. The molecule has 1 amide bonds. The van der Waals surface area contributed by atoms with Gasteiger partial charge in [-0.3, -0.25) is 9.78 Å². The van der Waals surface area contributed by atoms with Crippen molar-refractivity contribution < 1.29 is 18.0 Å². The van der Waals surface area contributed by atoms with Gasteiger partial charge in [-0.1, -0.05) is 43.5 Å². The molecule has 0 aliphatic heterocycles. The lowest BCUT2D eigenvalue weighted by atomic mass is 9.84. The van der Waals surface area contributed by atoms with Gasteiger partial charge in [0.25, 0.3) is 5.91 Å². The van der Waals surface area contributed by atoms with E-state index in [1.54, 1.807) is 24.3 Å². The summed E-state index contributed by atoms with van der Waals surface area (Å²) >= 11 is 0. The number of benzene rings is 2. The number of carbonyl (C=O) groups excluding carboxylic acids is 1. The summed E-state index contributed by atoms with van der Waals surface area (Å²) < 4.78 is 38.7. The number of amides is 1. The van der Waals surface area contributed by atoms with E-state index in [1.165, 1.54) is 37.7 Å². The zero-order valence-corrected chi connectivity index (χ0v) is 17.0. The summed E-state index contributed by atoms with van der Waals surface area (Å²) in [6.07, 6.45) is 3.01. The number of nitrogens with one attached hydrogen (secondary N) is 1. The number of aromatic nitrogens is 1. The Kier molecular flexibility index (Phi) is 6.07.